The fraction of sp³-hybridized carbons (Fsp3) is 0.143. The van der Waals surface area contributed by atoms with E-state index in [1.54, 1.807) is 0 Å². The Morgan fingerprint density at radius 2 is 0.659 bits per heavy atom. The van der Waals surface area contributed by atoms with Gasteiger partial charge in [0.25, 0.3) is 11.5 Å². The molecule has 14 nitrogen and oxygen atoms in total. The molecule has 0 saturated carbocycles. The first-order valence-electron chi connectivity index (χ1n) is 10.7. The average Bonchev–Trinajstić information content (AvgIpc) is 2.86. The zero-order valence-electron chi connectivity index (χ0n) is 20.3. The number of alkyl halides is 9. The van der Waals surface area contributed by atoms with Gasteiger partial charge in [0.1, 0.15) is 11.5 Å². The summed E-state index contributed by atoms with van der Waals surface area (Å²) in [5.41, 5.74) is -12.7. The van der Waals surface area contributed by atoms with E-state index >= 15 is 0 Å². The summed E-state index contributed by atoms with van der Waals surface area (Å²) in [5.74, 6) is -5.86. The fourth-order valence-corrected chi connectivity index (χ4v) is 3.37. The molecule has 0 N–H and O–H groups in total. The van der Waals surface area contributed by atoms with Gasteiger partial charge in [-0.05, 0) is 12.1 Å². The Bertz CT molecular complexity index is 1520. The van der Waals surface area contributed by atoms with Crippen LogP contribution in [0.5, 0.6) is 23.0 Å². The van der Waals surface area contributed by atoms with E-state index in [1.807, 2.05) is 0 Å². The maximum Gasteiger partial charge on any atom is 0.416 e. The molecule has 44 heavy (non-hydrogen) atoms. The summed E-state index contributed by atoms with van der Waals surface area (Å²) in [6.07, 6.45) is -16.2. The zero-order valence-corrected chi connectivity index (χ0v) is 20.3. The molecule has 3 rings (SSSR count). The van der Waals surface area contributed by atoms with Crippen LogP contribution in [0.25, 0.3) is 0 Å². The summed E-state index contributed by atoms with van der Waals surface area (Å²) in [4.78, 5) is 39.3. The van der Waals surface area contributed by atoms with Crippen LogP contribution in [-0.4, -0.2) is 19.7 Å². The second-order valence-electron chi connectivity index (χ2n) is 8.11. The van der Waals surface area contributed by atoms with Crippen molar-refractivity contribution < 1.29 is 68.7 Å². The maximum absolute atomic E-state index is 13.6. The Labute approximate surface area is 233 Å². The maximum atomic E-state index is 13.6. The van der Waals surface area contributed by atoms with Crippen molar-refractivity contribution in [2.24, 2.45) is 0 Å². The van der Waals surface area contributed by atoms with Gasteiger partial charge in [-0.25, -0.2) is 0 Å². The number of hydrogen-bond acceptors (Lipinski definition) is 10. The van der Waals surface area contributed by atoms with Crippen LogP contribution in [0.15, 0.2) is 42.5 Å². The number of halogens is 9. The largest absolute Gasteiger partial charge is 0.444 e. The molecule has 0 radical (unpaired) electrons. The number of rotatable bonds is 8. The lowest BCUT2D eigenvalue weighted by atomic mass is 10.1. The highest BCUT2D eigenvalue weighted by molar-refractivity contribution is 5.65. The van der Waals surface area contributed by atoms with Gasteiger partial charge in [0.05, 0.1) is 36.4 Å². The van der Waals surface area contributed by atoms with Crippen LogP contribution in [0.4, 0.5) is 62.3 Å². The van der Waals surface area contributed by atoms with Gasteiger partial charge in [-0.15, -0.1) is 0 Å². The molecule has 0 saturated heterocycles. The predicted octanol–water partition coefficient (Wildman–Crippen LogP) is 7.96. The summed E-state index contributed by atoms with van der Waals surface area (Å²) in [6, 6.07) is -0.693. The number of nitro benzene ring substituents is 4. The van der Waals surface area contributed by atoms with E-state index in [2.05, 4.69) is 0 Å². The molecule has 3 aromatic carbocycles. The van der Waals surface area contributed by atoms with Crippen molar-refractivity contribution in [1.29, 1.82) is 0 Å². The minimum absolute atomic E-state index is 0.00639. The van der Waals surface area contributed by atoms with E-state index in [4.69, 9.17) is 9.47 Å². The van der Waals surface area contributed by atoms with Crippen LogP contribution in [0, 0.1) is 40.5 Å². The van der Waals surface area contributed by atoms with Crippen molar-refractivity contribution in [2.45, 2.75) is 18.5 Å². The molecule has 0 fully saturated rings. The number of nitrogens with zero attached hydrogens (tertiary/aromatic N) is 4. The lowest BCUT2D eigenvalue weighted by Crippen LogP contribution is -2.09. The third-order valence-corrected chi connectivity index (χ3v) is 5.19. The molecule has 0 aromatic heterocycles. The van der Waals surface area contributed by atoms with Crippen molar-refractivity contribution in [3.63, 3.8) is 0 Å². The molecular weight excluding hydrogens is 639 g/mol. The van der Waals surface area contributed by atoms with Crippen molar-refractivity contribution >= 4 is 22.7 Å². The minimum atomic E-state index is -5.41. The van der Waals surface area contributed by atoms with Gasteiger partial charge in [0.15, 0.2) is 0 Å². The van der Waals surface area contributed by atoms with Crippen LogP contribution in [-0.2, 0) is 18.5 Å². The number of nitro groups is 4. The third kappa shape index (κ3) is 6.99. The Hall–Kier alpha value is -5.77. The summed E-state index contributed by atoms with van der Waals surface area (Å²) < 4.78 is 129. The fourth-order valence-electron chi connectivity index (χ4n) is 3.37. The molecule has 0 aliphatic heterocycles. The van der Waals surface area contributed by atoms with Crippen LogP contribution >= 0.6 is 0 Å². The Morgan fingerprint density at radius 3 is 0.864 bits per heavy atom. The molecule has 0 atom stereocenters. The smallest absolute Gasteiger partial charge is 0.416 e. The molecule has 0 spiro atoms. The lowest BCUT2D eigenvalue weighted by Gasteiger charge is -2.15. The van der Waals surface area contributed by atoms with Crippen LogP contribution in [0.2, 0.25) is 0 Å². The first-order valence-corrected chi connectivity index (χ1v) is 10.7. The molecule has 0 amide bonds. The number of hydrogen-bond donors (Lipinski definition) is 0. The van der Waals surface area contributed by atoms with E-state index in [0.717, 1.165) is 0 Å². The first kappa shape index (κ1) is 32.7. The standard InChI is InChI=1S/C21H7F9N4O10/c22-19(23,24)8-1-11(43-17-13(31(35)36)3-9(20(25,26)27)4-14(17)32(37)38)7-12(2-8)44-18-15(33(39)40)5-10(21(28,29)30)6-16(18)34(41)42/h1-7H. The lowest BCUT2D eigenvalue weighted by molar-refractivity contribution is -0.396. The van der Waals surface area contributed by atoms with Gasteiger partial charge >= 0.3 is 41.3 Å². The summed E-state index contributed by atoms with van der Waals surface area (Å²) in [7, 11) is 0. The normalized spacial score (nSPS) is 12.0. The van der Waals surface area contributed by atoms with Gasteiger partial charge in [-0.3, -0.25) is 40.5 Å². The SMILES string of the molecule is O=[N+]([O-])c1cc(C(F)(F)F)cc([N+](=O)[O-])c1Oc1cc(Oc2c([N+](=O)[O-])cc(C(F)(F)F)cc2[N+](=O)[O-])cc(C(F)(F)F)c1. The molecule has 0 aliphatic carbocycles. The summed E-state index contributed by atoms with van der Waals surface area (Å²) in [6.45, 7) is 0. The van der Waals surface area contributed by atoms with E-state index in [1.165, 1.54) is 0 Å². The van der Waals surface area contributed by atoms with E-state index in [0.29, 0.717) is 0 Å². The molecule has 3 aromatic rings. The minimum Gasteiger partial charge on any atom is -0.444 e. The van der Waals surface area contributed by atoms with Gasteiger partial charge in [0.2, 0.25) is 0 Å². The topological polar surface area (TPSA) is 191 Å². The number of ether oxygens (including phenoxy) is 2. The second-order valence-corrected chi connectivity index (χ2v) is 8.11. The molecule has 0 unspecified atom stereocenters. The van der Waals surface area contributed by atoms with E-state index in [-0.39, 0.29) is 42.5 Å². The Kier molecular flexibility index (Phi) is 8.29. The van der Waals surface area contributed by atoms with Crippen molar-refractivity contribution in [1.82, 2.24) is 0 Å². The highest BCUT2D eigenvalue weighted by Gasteiger charge is 2.41. The molecule has 0 heterocycles. The number of benzene rings is 3. The van der Waals surface area contributed by atoms with Crippen LogP contribution in [0.3, 0.4) is 0 Å². The Morgan fingerprint density at radius 1 is 0.432 bits per heavy atom. The highest BCUT2D eigenvalue weighted by atomic mass is 19.4. The Balaban J connectivity index is 2.29. The van der Waals surface area contributed by atoms with Crippen molar-refractivity contribution in [3.8, 4) is 23.0 Å². The quantitative estimate of drug-likeness (QED) is 0.132. The average molecular weight is 646 g/mol. The summed E-state index contributed by atoms with van der Waals surface area (Å²) in [5, 5.41) is 45.7. The van der Waals surface area contributed by atoms with Crippen molar-refractivity contribution in [3.05, 3.63) is 99.6 Å². The van der Waals surface area contributed by atoms with Crippen LogP contribution < -0.4 is 9.47 Å². The van der Waals surface area contributed by atoms with E-state index < -0.39 is 101 Å². The predicted molar refractivity (Wildman–Crippen MR) is 121 cm³/mol. The van der Waals surface area contributed by atoms with E-state index in [9.17, 15) is 80.0 Å². The molecule has 23 heteroatoms. The first-order chi connectivity index (χ1) is 20.0. The van der Waals surface area contributed by atoms with Gasteiger partial charge in [-0.1, -0.05) is 0 Å². The van der Waals surface area contributed by atoms with Crippen LogP contribution in [0.1, 0.15) is 16.7 Å². The zero-order chi connectivity index (χ0) is 33.5. The van der Waals surface area contributed by atoms with Gasteiger partial charge < -0.3 is 9.47 Å². The second kappa shape index (κ2) is 11.1. The van der Waals surface area contributed by atoms with Crippen molar-refractivity contribution in [2.75, 3.05) is 0 Å². The summed E-state index contributed by atoms with van der Waals surface area (Å²) >= 11 is 0. The monoisotopic (exact) mass is 646 g/mol. The van der Waals surface area contributed by atoms with Gasteiger partial charge in [-0.2, -0.15) is 39.5 Å². The third-order valence-electron chi connectivity index (χ3n) is 5.19. The molecule has 234 valence electrons. The molecular formula is C21H7F9N4O10. The molecule has 0 bridgehead atoms. The highest BCUT2D eigenvalue weighted by Crippen LogP contribution is 2.48. The van der Waals surface area contributed by atoms with Gasteiger partial charge in [0, 0.05) is 30.3 Å². The molecule has 0 aliphatic rings.